The molecule has 0 radical (unpaired) electrons. The van der Waals surface area contributed by atoms with Gasteiger partial charge in [-0.2, -0.15) is 0 Å². The van der Waals surface area contributed by atoms with E-state index in [-0.39, 0.29) is 12.1 Å². The fourth-order valence-corrected chi connectivity index (χ4v) is 1.47. The first kappa shape index (κ1) is 14.9. The van der Waals surface area contributed by atoms with Gasteiger partial charge in [-0.3, -0.25) is 4.79 Å². The Labute approximate surface area is 108 Å². The van der Waals surface area contributed by atoms with Crippen molar-refractivity contribution in [3.05, 3.63) is 29.3 Å². The highest BCUT2D eigenvalue weighted by atomic mass is 19.1. The van der Waals surface area contributed by atoms with Gasteiger partial charge < -0.3 is 15.7 Å². The highest BCUT2D eigenvalue weighted by Gasteiger charge is 2.20. The molecule has 1 rings (SSSR count). The first-order valence-corrected chi connectivity index (χ1v) is 5.51. The van der Waals surface area contributed by atoms with E-state index < -0.39 is 35.2 Å². The van der Waals surface area contributed by atoms with Crippen LogP contribution in [0.3, 0.4) is 0 Å². The minimum atomic E-state index is -1.30. The van der Waals surface area contributed by atoms with Gasteiger partial charge in [-0.15, -0.1) is 0 Å². The van der Waals surface area contributed by atoms with E-state index in [1.54, 1.807) is 0 Å². The van der Waals surface area contributed by atoms with E-state index in [2.05, 4.69) is 10.6 Å². The van der Waals surface area contributed by atoms with E-state index in [0.29, 0.717) is 0 Å². The molecule has 104 valence electrons. The zero-order chi connectivity index (χ0) is 14.6. The standard InChI is InChI=1S/C12H14F2N2O3/c1-6-3-4-8(13)11(10(6)14)15-5-9(12(18)19)16-7(2)17/h3-4,9,15H,5H2,1-2H3,(H,16,17)(H,18,19). The fraction of sp³-hybridized carbons (Fsp3) is 0.333. The van der Waals surface area contributed by atoms with Gasteiger partial charge in [-0.1, -0.05) is 6.07 Å². The quantitative estimate of drug-likeness (QED) is 0.754. The van der Waals surface area contributed by atoms with Crippen molar-refractivity contribution < 1.29 is 23.5 Å². The van der Waals surface area contributed by atoms with Crippen molar-refractivity contribution in [2.75, 3.05) is 11.9 Å². The Kier molecular flexibility index (Phi) is 4.80. The summed E-state index contributed by atoms with van der Waals surface area (Å²) in [5.41, 5.74) is -0.174. The highest BCUT2D eigenvalue weighted by molar-refractivity contribution is 5.82. The zero-order valence-electron chi connectivity index (χ0n) is 10.5. The summed E-state index contributed by atoms with van der Waals surface area (Å²) in [7, 11) is 0. The molecule has 3 N–H and O–H groups in total. The molecule has 1 aromatic carbocycles. The summed E-state index contributed by atoms with van der Waals surface area (Å²) in [6.07, 6.45) is 0. The van der Waals surface area contributed by atoms with E-state index in [1.807, 2.05) is 0 Å². The van der Waals surface area contributed by atoms with Crippen LogP contribution in [0.25, 0.3) is 0 Å². The lowest BCUT2D eigenvalue weighted by molar-refractivity contribution is -0.141. The van der Waals surface area contributed by atoms with Gasteiger partial charge in [0, 0.05) is 13.5 Å². The second-order valence-corrected chi connectivity index (χ2v) is 4.03. The second kappa shape index (κ2) is 6.12. The maximum Gasteiger partial charge on any atom is 0.328 e. The summed E-state index contributed by atoms with van der Waals surface area (Å²) in [6, 6.07) is 1.09. The molecule has 0 bridgehead atoms. The summed E-state index contributed by atoms with van der Waals surface area (Å²) in [6.45, 7) is 2.29. The second-order valence-electron chi connectivity index (χ2n) is 4.03. The molecule has 1 aromatic rings. The molecule has 5 nitrogen and oxygen atoms in total. The van der Waals surface area contributed by atoms with Crippen LogP contribution in [0, 0.1) is 18.6 Å². The van der Waals surface area contributed by atoms with Gasteiger partial charge in [-0.25, -0.2) is 13.6 Å². The third-order valence-electron chi connectivity index (χ3n) is 2.44. The fourth-order valence-electron chi connectivity index (χ4n) is 1.47. The van der Waals surface area contributed by atoms with Gasteiger partial charge in [0.05, 0.1) is 0 Å². The summed E-state index contributed by atoms with van der Waals surface area (Å²) < 4.78 is 27.0. The molecule has 1 unspecified atom stereocenters. The Hall–Kier alpha value is -2.18. The van der Waals surface area contributed by atoms with Crippen LogP contribution in [0.2, 0.25) is 0 Å². The number of rotatable bonds is 5. The average molecular weight is 272 g/mol. The molecule has 19 heavy (non-hydrogen) atoms. The topological polar surface area (TPSA) is 78.4 Å². The number of anilines is 1. The Morgan fingerprint density at radius 1 is 1.37 bits per heavy atom. The Morgan fingerprint density at radius 2 is 2.00 bits per heavy atom. The third-order valence-corrected chi connectivity index (χ3v) is 2.44. The number of hydrogen-bond acceptors (Lipinski definition) is 3. The van der Waals surface area contributed by atoms with E-state index >= 15 is 0 Å². The molecule has 0 spiro atoms. The van der Waals surface area contributed by atoms with Crippen LogP contribution in [-0.4, -0.2) is 29.6 Å². The number of benzene rings is 1. The van der Waals surface area contributed by atoms with Crippen molar-refractivity contribution in [2.45, 2.75) is 19.9 Å². The average Bonchev–Trinajstić information content (AvgIpc) is 2.32. The lowest BCUT2D eigenvalue weighted by atomic mass is 10.2. The molecule has 0 aromatic heterocycles. The maximum absolute atomic E-state index is 13.6. The highest BCUT2D eigenvalue weighted by Crippen LogP contribution is 2.21. The minimum Gasteiger partial charge on any atom is -0.480 e. The van der Waals surface area contributed by atoms with Crippen molar-refractivity contribution in [3.8, 4) is 0 Å². The predicted molar refractivity (Wildman–Crippen MR) is 64.8 cm³/mol. The normalized spacial score (nSPS) is 11.8. The molecule has 0 saturated heterocycles. The SMILES string of the molecule is CC(=O)NC(CNc1c(F)ccc(C)c1F)C(=O)O. The van der Waals surface area contributed by atoms with Crippen LogP contribution in [0.5, 0.6) is 0 Å². The number of halogens is 2. The number of aliphatic carboxylic acids is 1. The molecule has 7 heteroatoms. The molecule has 0 saturated carbocycles. The molecule has 0 aliphatic carbocycles. The van der Waals surface area contributed by atoms with Gasteiger partial charge in [0.25, 0.3) is 0 Å². The summed E-state index contributed by atoms with van der Waals surface area (Å²) in [5, 5.41) is 13.4. The Balaban J connectivity index is 2.82. The van der Waals surface area contributed by atoms with E-state index in [4.69, 9.17) is 5.11 Å². The molecular formula is C12H14F2N2O3. The number of hydrogen-bond donors (Lipinski definition) is 3. The van der Waals surface area contributed by atoms with Crippen molar-refractivity contribution in [2.24, 2.45) is 0 Å². The van der Waals surface area contributed by atoms with Crippen LogP contribution in [0.1, 0.15) is 12.5 Å². The smallest absolute Gasteiger partial charge is 0.328 e. The molecule has 0 aliphatic heterocycles. The number of nitrogens with one attached hydrogen (secondary N) is 2. The van der Waals surface area contributed by atoms with Gasteiger partial charge >= 0.3 is 5.97 Å². The summed E-state index contributed by atoms with van der Waals surface area (Å²) in [4.78, 5) is 21.7. The molecule has 1 amide bonds. The first-order chi connectivity index (χ1) is 8.82. The number of amides is 1. The van der Waals surface area contributed by atoms with Crippen molar-refractivity contribution >= 4 is 17.6 Å². The van der Waals surface area contributed by atoms with Crippen LogP contribution in [-0.2, 0) is 9.59 Å². The van der Waals surface area contributed by atoms with E-state index in [9.17, 15) is 18.4 Å². The monoisotopic (exact) mass is 272 g/mol. The molecule has 0 aliphatic rings. The van der Waals surface area contributed by atoms with Gasteiger partial charge in [0.15, 0.2) is 5.82 Å². The lowest BCUT2D eigenvalue weighted by Gasteiger charge is -2.16. The van der Waals surface area contributed by atoms with Crippen molar-refractivity contribution in [1.29, 1.82) is 0 Å². The number of carboxylic acids is 1. The Bertz CT molecular complexity index is 506. The zero-order valence-corrected chi connectivity index (χ0v) is 10.5. The van der Waals surface area contributed by atoms with E-state index in [0.717, 1.165) is 13.0 Å². The van der Waals surface area contributed by atoms with Crippen LogP contribution >= 0.6 is 0 Å². The molecule has 0 fully saturated rings. The number of carbonyl (C=O) groups is 2. The van der Waals surface area contributed by atoms with Crippen LogP contribution < -0.4 is 10.6 Å². The lowest BCUT2D eigenvalue weighted by Crippen LogP contribution is -2.44. The molecule has 1 atom stereocenters. The molecule has 0 heterocycles. The van der Waals surface area contributed by atoms with E-state index in [1.165, 1.54) is 13.0 Å². The largest absolute Gasteiger partial charge is 0.480 e. The van der Waals surface area contributed by atoms with Crippen molar-refractivity contribution in [1.82, 2.24) is 5.32 Å². The number of aryl methyl sites for hydroxylation is 1. The van der Waals surface area contributed by atoms with Crippen molar-refractivity contribution in [3.63, 3.8) is 0 Å². The summed E-state index contributed by atoms with van der Waals surface area (Å²) >= 11 is 0. The predicted octanol–water partition coefficient (Wildman–Crippen LogP) is 1.27. The summed E-state index contributed by atoms with van der Waals surface area (Å²) in [5.74, 6) is -3.45. The van der Waals surface area contributed by atoms with Gasteiger partial charge in [0.2, 0.25) is 5.91 Å². The number of carboxylic acid groups (broad SMARTS) is 1. The van der Waals surface area contributed by atoms with Crippen LogP contribution in [0.15, 0.2) is 12.1 Å². The van der Waals surface area contributed by atoms with Gasteiger partial charge in [0.1, 0.15) is 17.5 Å². The molecular weight excluding hydrogens is 258 g/mol. The maximum atomic E-state index is 13.6. The minimum absolute atomic E-state index is 0.232. The van der Waals surface area contributed by atoms with Crippen LogP contribution in [0.4, 0.5) is 14.5 Å². The Morgan fingerprint density at radius 3 is 2.53 bits per heavy atom. The first-order valence-electron chi connectivity index (χ1n) is 5.51. The number of carbonyl (C=O) groups excluding carboxylic acids is 1. The van der Waals surface area contributed by atoms with Gasteiger partial charge in [-0.05, 0) is 18.6 Å². The third kappa shape index (κ3) is 3.90.